The number of anilines is 1. The van der Waals surface area contributed by atoms with Crippen LogP contribution in [-0.2, 0) is 13.2 Å². The molecule has 0 bridgehead atoms. The van der Waals surface area contributed by atoms with Gasteiger partial charge >= 0.3 is 0 Å². The maximum absolute atomic E-state index is 13.0. The Kier molecular flexibility index (Phi) is 6.78. The van der Waals surface area contributed by atoms with Crippen LogP contribution in [0.5, 0.6) is 11.5 Å². The van der Waals surface area contributed by atoms with E-state index in [2.05, 4.69) is 66.0 Å². The van der Waals surface area contributed by atoms with Gasteiger partial charge in [0.05, 0.1) is 10.7 Å². The zero-order chi connectivity index (χ0) is 20.1. The van der Waals surface area contributed by atoms with Gasteiger partial charge in [0, 0.05) is 12.2 Å². The zero-order valence-corrected chi connectivity index (χ0v) is 18.3. The largest absolute Gasteiger partial charge is 0.493 e. The molecule has 0 heterocycles. The number of hydrogen-bond donors (Lipinski definition) is 1. The summed E-state index contributed by atoms with van der Waals surface area (Å²) in [5.74, 6) is 1.13. The van der Waals surface area contributed by atoms with E-state index in [0.29, 0.717) is 24.7 Å². The summed E-state index contributed by atoms with van der Waals surface area (Å²) in [6, 6.07) is 16.7. The molecular formula is C23H23FINO2. The lowest BCUT2D eigenvalue weighted by Gasteiger charge is -2.15. The summed E-state index contributed by atoms with van der Waals surface area (Å²) in [4.78, 5) is 0. The van der Waals surface area contributed by atoms with E-state index >= 15 is 0 Å². The first-order valence-electron chi connectivity index (χ1n) is 9.01. The molecule has 0 unspecified atom stereocenters. The van der Waals surface area contributed by atoms with E-state index in [-0.39, 0.29) is 5.82 Å². The van der Waals surface area contributed by atoms with Gasteiger partial charge in [-0.1, -0.05) is 18.2 Å². The Labute approximate surface area is 179 Å². The van der Waals surface area contributed by atoms with Crippen molar-refractivity contribution in [2.24, 2.45) is 0 Å². The fourth-order valence-electron chi connectivity index (χ4n) is 2.81. The highest BCUT2D eigenvalue weighted by Crippen LogP contribution is 2.35. The minimum absolute atomic E-state index is 0.253. The Morgan fingerprint density at radius 2 is 1.68 bits per heavy atom. The highest BCUT2D eigenvalue weighted by Gasteiger charge is 2.12. The summed E-state index contributed by atoms with van der Waals surface area (Å²) < 4.78 is 25.5. The molecule has 0 saturated heterocycles. The summed E-state index contributed by atoms with van der Waals surface area (Å²) in [6.45, 7) is 5.26. The summed E-state index contributed by atoms with van der Waals surface area (Å²) >= 11 is 2.25. The zero-order valence-electron chi connectivity index (χ0n) is 16.2. The van der Waals surface area contributed by atoms with Crippen LogP contribution in [0.2, 0.25) is 0 Å². The predicted molar refractivity (Wildman–Crippen MR) is 120 cm³/mol. The second kappa shape index (κ2) is 9.28. The normalized spacial score (nSPS) is 10.6. The van der Waals surface area contributed by atoms with Crippen molar-refractivity contribution in [1.29, 1.82) is 0 Å². The molecule has 0 fully saturated rings. The van der Waals surface area contributed by atoms with Gasteiger partial charge in [0.1, 0.15) is 12.4 Å². The van der Waals surface area contributed by atoms with Crippen LogP contribution >= 0.6 is 22.6 Å². The van der Waals surface area contributed by atoms with Crippen molar-refractivity contribution in [3.63, 3.8) is 0 Å². The Balaban J connectivity index is 1.71. The third kappa shape index (κ3) is 5.16. The van der Waals surface area contributed by atoms with Crippen LogP contribution in [0.1, 0.15) is 22.3 Å². The molecule has 0 amide bonds. The molecule has 3 aromatic rings. The highest BCUT2D eigenvalue weighted by molar-refractivity contribution is 14.1. The number of methoxy groups -OCH3 is 1. The van der Waals surface area contributed by atoms with E-state index in [0.717, 1.165) is 20.4 Å². The van der Waals surface area contributed by atoms with Crippen molar-refractivity contribution < 1.29 is 13.9 Å². The molecule has 3 aromatic carbocycles. The van der Waals surface area contributed by atoms with Crippen LogP contribution in [0.4, 0.5) is 10.1 Å². The van der Waals surface area contributed by atoms with Gasteiger partial charge in [0.25, 0.3) is 0 Å². The molecule has 0 aromatic heterocycles. The lowest BCUT2D eigenvalue weighted by Crippen LogP contribution is -2.04. The number of ether oxygens (including phenoxy) is 2. The maximum atomic E-state index is 13.0. The molecule has 0 saturated carbocycles. The average Bonchev–Trinajstić information content (AvgIpc) is 2.69. The van der Waals surface area contributed by atoms with Crippen LogP contribution in [0.25, 0.3) is 0 Å². The van der Waals surface area contributed by atoms with Crippen molar-refractivity contribution in [2.45, 2.75) is 27.0 Å². The van der Waals surface area contributed by atoms with E-state index < -0.39 is 0 Å². The fourth-order valence-corrected chi connectivity index (χ4v) is 3.63. The lowest BCUT2D eigenvalue weighted by molar-refractivity contribution is 0.282. The molecule has 0 aliphatic carbocycles. The molecule has 0 spiro atoms. The number of nitrogens with one attached hydrogen (secondary N) is 1. The first kappa shape index (κ1) is 20.5. The number of benzene rings is 3. The second-order valence-electron chi connectivity index (χ2n) is 6.68. The SMILES string of the molecule is COc1cc(CNc2ccc(C)c(C)c2)cc(I)c1OCc1ccc(F)cc1. The van der Waals surface area contributed by atoms with Crippen molar-refractivity contribution >= 4 is 28.3 Å². The van der Waals surface area contributed by atoms with Crippen LogP contribution in [0.3, 0.4) is 0 Å². The van der Waals surface area contributed by atoms with E-state index in [1.165, 1.54) is 23.3 Å². The summed E-state index contributed by atoms with van der Waals surface area (Å²) in [5, 5.41) is 3.45. The van der Waals surface area contributed by atoms with Crippen molar-refractivity contribution in [3.05, 3.63) is 86.2 Å². The molecule has 0 atom stereocenters. The number of hydrogen-bond acceptors (Lipinski definition) is 3. The molecule has 1 N–H and O–H groups in total. The highest BCUT2D eigenvalue weighted by atomic mass is 127. The number of rotatable bonds is 7. The van der Waals surface area contributed by atoms with Crippen molar-refractivity contribution in [1.82, 2.24) is 0 Å². The predicted octanol–water partition coefficient (Wildman–Crippen LogP) is 6.25. The maximum Gasteiger partial charge on any atom is 0.174 e. The van der Waals surface area contributed by atoms with Crippen LogP contribution in [-0.4, -0.2) is 7.11 Å². The minimum Gasteiger partial charge on any atom is -0.493 e. The first-order chi connectivity index (χ1) is 13.5. The quantitative estimate of drug-likeness (QED) is 0.397. The molecule has 146 valence electrons. The Hall–Kier alpha value is -2.28. The first-order valence-corrected chi connectivity index (χ1v) is 10.1. The molecule has 3 nitrogen and oxygen atoms in total. The summed E-state index contributed by atoms with van der Waals surface area (Å²) in [5.41, 5.74) is 5.65. The third-order valence-electron chi connectivity index (χ3n) is 4.59. The molecule has 5 heteroatoms. The van der Waals surface area contributed by atoms with Gasteiger partial charge in [0.15, 0.2) is 11.5 Å². The third-order valence-corrected chi connectivity index (χ3v) is 5.39. The Morgan fingerprint density at radius 3 is 2.36 bits per heavy atom. The van der Waals surface area contributed by atoms with Gasteiger partial charge in [-0.2, -0.15) is 0 Å². The smallest absolute Gasteiger partial charge is 0.174 e. The monoisotopic (exact) mass is 491 g/mol. The van der Waals surface area contributed by atoms with Crippen LogP contribution < -0.4 is 14.8 Å². The minimum atomic E-state index is -0.253. The number of aryl methyl sites for hydroxylation is 2. The van der Waals surface area contributed by atoms with E-state index in [9.17, 15) is 4.39 Å². The number of halogens is 2. The molecule has 0 aliphatic heterocycles. The van der Waals surface area contributed by atoms with Crippen LogP contribution in [0.15, 0.2) is 54.6 Å². The lowest BCUT2D eigenvalue weighted by atomic mass is 10.1. The fraction of sp³-hybridized carbons (Fsp3) is 0.217. The standard InChI is InChI=1S/C23H23FINO2/c1-15-4-9-20(10-16(15)2)26-13-18-11-21(25)23(22(12-18)27-3)28-14-17-5-7-19(24)8-6-17/h4-12,26H,13-14H2,1-3H3. The van der Waals surface area contributed by atoms with E-state index in [1.54, 1.807) is 19.2 Å². The summed E-state index contributed by atoms with van der Waals surface area (Å²) in [6.07, 6.45) is 0. The summed E-state index contributed by atoms with van der Waals surface area (Å²) in [7, 11) is 1.64. The van der Waals surface area contributed by atoms with Gasteiger partial charge in [-0.15, -0.1) is 0 Å². The average molecular weight is 491 g/mol. The van der Waals surface area contributed by atoms with Gasteiger partial charge in [0.2, 0.25) is 0 Å². The molecule has 28 heavy (non-hydrogen) atoms. The molecule has 0 radical (unpaired) electrons. The van der Waals surface area contributed by atoms with E-state index in [1.807, 2.05) is 6.07 Å². The van der Waals surface area contributed by atoms with Crippen LogP contribution in [0, 0.1) is 23.2 Å². The Bertz CT molecular complexity index is 958. The molecular weight excluding hydrogens is 468 g/mol. The van der Waals surface area contributed by atoms with Gasteiger partial charge in [-0.3, -0.25) is 0 Å². The molecule has 3 rings (SSSR count). The van der Waals surface area contributed by atoms with Gasteiger partial charge in [-0.25, -0.2) is 4.39 Å². The second-order valence-corrected chi connectivity index (χ2v) is 7.84. The van der Waals surface area contributed by atoms with Crippen molar-refractivity contribution in [2.75, 3.05) is 12.4 Å². The van der Waals surface area contributed by atoms with Gasteiger partial charge in [-0.05, 0) is 95.1 Å². The topological polar surface area (TPSA) is 30.5 Å². The van der Waals surface area contributed by atoms with Crippen molar-refractivity contribution in [3.8, 4) is 11.5 Å². The Morgan fingerprint density at radius 1 is 0.929 bits per heavy atom. The van der Waals surface area contributed by atoms with E-state index in [4.69, 9.17) is 9.47 Å². The van der Waals surface area contributed by atoms with Gasteiger partial charge < -0.3 is 14.8 Å². The molecule has 0 aliphatic rings.